The molecule has 25 heavy (non-hydrogen) atoms. The summed E-state index contributed by atoms with van der Waals surface area (Å²) in [7, 11) is 1.61. The molecular formula is C18H38N4O3. The van der Waals surface area contributed by atoms with Gasteiger partial charge >= 0.3 is 0 Å². The Kier molecular flexibility index (Phi) is 7.47. The summed E-state index contributed by atoms with van der Waals surface area (Å²) in [5.41, 5.74) is -3.52. The fraction of sp³-hybridized carbons (Fsp3) is 1.00. The first-order valence-electron chi connectivity index (χ1n) is 8.66. The predicted octanol–water partition coefficient (Wildman–Crippen LogP) is 5.51. The molecule has 7 heteroatoms. The van der Waals surface area contributed by atoms with Gasteiger partial charge in [0.2, 0.25) is 5.72 Å². The van der Waals surface area contributed by atoms with E-state index in [1.807, 2.05) is 69.2 Å². The van der Waals surface area contributed by atoms with Gasteiger partial charge in [0.1, 0.15) is 0 Å². The molecular weight excluding hydrogens is 320 g/mol. The molecule has 0 bridgehead atoms. The largest absolute Gasteiger partial charge is 0.378 e. The zero-order valence-electron chi connectivity index (χ0n) is 18.1. The molecule has 0 rings (SSSR count). The van der Waals surface area contributed by atoms with Crippen molar-refractivity contribution in [3.05, 3.63) is 0 Å². The van der Waals surface area contributed by atoms with Gasteiger partial charge < -0.3 is 4.74 Å². The normalized spacial score (nSPS) is 18.8. The lowest BCUT2D eigenvalue weighted by Gasteiger charge is -2.46. The SMILES string of the molecule is COC(C)(C)C(C(C)(C)N=NC(C)(C)C)C(C)(N=NC(C)(C)C)OO. The molecule has 0 aliphatic rings. The molecule has 0 saturated heterocycles. The first-order valence-corrected chi connectivity index (χ1v) is 8.66. The lowest BCUT2D eigenvalue weighted by atomic mass is 9.71. The third-order valence-electron chi connectivity index (χ3n) is 3.80. The van der Waals surface area contributed by atoms with Crippen LogP contribution in [0.25, 0.3) is 0 Å². The van der Waals surface area contributed by atoms with E-state index in [-0.39, 0.29) is 5.54 Å². The minimum absolute atomic E-state index is 0.317. The molecule has 148 valence electrons. The Bertz CT molecular complexity index is 488. The predicted molar refractivity (Wildman–Crippen MR) is 100.0 cm³/mol. The van der Waals surface area contributed by atoms with Gasteiger partial charge in [-0.3, -0.25) is 0 Å². The van der Waals surface area contributed by atoms with Crippen LogP contribution in [-0.4, -0.2) is 40.3 Å². The van der Waals surface area contributed by atoms with Gasteiger partial charge in [-0.15, -0.1) is 0 Å². The number of methoxy groups -OCH3 is 1. The number of hydrogen-bond donors (Lipinski definition) is 1. The topological polar surface area (TPSA) is 88.1 Å². The van der Waals surface area contributed by atoms with Crippen LogP contribution >= 0.6 is 0 Å². The first-order chi connectivity index (χ1) is 10.9. The summed E-state index contributed by atoms with van der Waals surface area (Å²) >= 11 is 0. The lowest BCUT2D eigenvalue weighted by molar-refractivity contribution is -0.349. The number of hydrogen-bond acceptors (Lipinski definition) is 7. The Labute approximate surface area is 153 Å². The van der Waals surface area contributed by atoms with Gasteiger partial charge in [-0.25, -0.2) is 10.1 Å². The minimum atomic E-state index is -1.35. The van der Waals surface area contributed by atoms with Gasteiger partial charge in [0.25, 0.3) is 0 Å². The summed E-state index contributed by atoms with van der Waals surface area (Å²) in [5.74, 6) is -0.473. The van der Waals surface area contributed by atoms with E-state index in [1.165, 1.54) is 0 Å². The number of rotatable bonds is 7. The fourth-order valence-electron chi connectivity index (χ4n) is 2.98. The van der Waals surface area contributed by atoms with E-state index in [2.05, 4.69) is 20.5 Å². The zero-order chi connectivity index (χ0) is 20.3. The summed E-state index contributed by atoms with van der Waals surface area (Å²) in [5, 5.41) is 27.3. The second kappa shape index (κ2) is 7.76. The Morgan fingerprint density at radius 1 is 0.680 bits per heavy atom. The molecule has 1 N–H and O–H groups in total. The molecule has 0 spiro atoms. The van der Waals surface area contributed by atoms with Gasteiger partial charge in [0.05, 0.1) is 28.1 Å². The van der Waals surface area contributed by atoms with Crippen molar-refractivity contribution in [1.29, 1.82) is 0 Å². The van der Waals surface area contributed by atoms with E-state index in [0.717, 1.165) is 0 Å². The van der Waals surface area contributed by atoms with E-state index >= 15 is 0 Å². The molecule has 0 aliphatic heterocycles. The van der Waals surface area contributed by atoms with Crippen LogP contribution in [-0.2, 0) is 9.62 Å². The molecule has 0 amide bonds. The van der Waals surface area contributed by atoms with Gasteiger partial charge in [0, 0.05) is 7.11 Å². The van der Waals surface area contributed by atoms with Crippen LogP contribution in [0.4, 0.5) is 0 Å². The van der Waals surface area contributed by atoms with E-state index < -0.39 is 28.3 Å². The second-order valence-corrected chi connectivity index (χ2v) is 9.78. The molecule has 0 aromatic rings. The van der Waals surface area contributed by atoms with E-state index in [4.69, 9.17) is 9.62 Å². The van der Waals surface area contributed by atoms with E-state index in [9.17, 15) is 5.26 Å². The average Bonchev–Trinajstić information content (AvgIpc) is 2.41. The van der Waals surface area contributed by atoms with E-state index in [1.54, 1.807) is 14.0 Å². The van der Waals surface area contributed by atoms with Crippen LogP contribution in [0.1, 0.15) is 76.2 Å². The zero-order valence-corrected chi connectivity index (χ0v) is 18.1. The highest BCUT2D eigenvalue weighted by Gasteiger charge is 2.55. The molecule has 2 atom stereocenters. The molecule has 7 nitrogen and oxygen atoms in total. The Morgan fingerprint density at radius 3 is 1.40 bits per heavy atom. The Morgan fingerprint density at radius 2 is 1.08 bits per heavy atom. The summed E-state index contributed by atoms with van der Waals surface area (Å²) in [6.45, 7) is 21.1. The van der Waals surface area contributed by atoms with Crippen LogP contribution in [0, 0.1) is 5.92 Å². The maximum atomic E-state index is 9.72. The summed E-state index contributed by atoms with van der Waals surface area (Å²) < 4.78 is 5.70. The molecule has 0 aromatic heterocycles. The Balaban J connectivity index is 6.25. The molecule has 0 aliphatic carbocycles. The highest BCUT2D eigenvalue weighted by Crippen LogP contribution is 2.44. The smallest absolute Gasteiger partial charge is 0.217 e. The van der Waals surface area contributed by atoms with Crippen molar-refractivity contribution in [2.24, 2.45) is 26.4 Å². The number of azo groups is 2. The van der Waals surface area contributed by atoms with Gasteiger partial charge in [-0.1, -0.05) is 0 Å². The minimum Gasteiger partial charge on any atom is -0.378 e. The maximum absolute atomic E-state index is 9.72. The van der Waals surface area contributed by atoms with E-state index in [0.29, 0.717) is 0 Å². The maximum Gasteiger partial charge on any atom is 0.217 e. The fourth-order valence-corrected chi connectivity index (χ4v) is 2.98. The van der Waals surface area contributed by atoms with Crippen molar-refractivity contribution in [2.75, 3.05) is 7.11 Å². The van der Waals surface area contributed by atoms with Crippen LogP contribution in [0.15, 0.2) is 20.5 Å². The monoisotopic (exact) mass is 358 g/mol. The van der Waals surface area contributed by atoms with Crippen molar-refractivity contribution in [1.82, 2.24) is 0 Å². The van der Waals surface area contributed by atoms with Gasteiger partial charge in [-0.2, -0.15) is 20.5 Å². The third kappa shape index (κ3) is 7.46. The van der Waals surface area contributed by atoms with Gasteiger partial charge in [0.15, 0.2) is 0 Å². The summed E-state index contributed by atoms with van der Waals surface area (Å²) in [4.78, 5) is 4.86. The van der Waals surface area contributed by atoms with Crippen molar-refractivity contribution >= 4 is 0 Å². The first kappa shape index (κ1) is 24.1. The van der Waals surface area contributed by atoms with Crippen molar-refractivity contribution < 1.29 is 14.9 Å². The van der Waals surface area contributed by atoms with Gasteiger partial charge in [-0.05, 0) is 76.2 Å². The highest BCUT2D eigenvalue weighted by atomic mass is 17.1. The summed E-state index contributed by atoms with van der Waals surface area (Å²) in [6.07, 6.45) is 0. The number of ether oxygens (including phenoxy) is 1. The quantitative estimate of drug-likeness (QED) is 0.369. The molecule has 0 heterocycles. The molecule has 2 unspecified atom stereocenters. The Hall–Kier alpha value is -0.920. The van der Waals surface area contributed by atoms with Crippen LogP contribution in [0.2, 0.25) is 0 Å². The van der Waals surface area contributed by atoms with Crippen molar-refractivity contribution in [3.63, 3.8) is 0 Å². The second-order valence-electron chi connectivity index (χ2n) is 9.78. The van der Waals surface area contributed by atoms with Crippen LogP contribution in [0.3, 0.4) is 0 Å². The summed E-state index contributed by atoms with van der Waals surface area (Å²) in [6, 6.07) is 0. The van der Waals surface area contributed by atoms with Crippen molar-refractivity contribution in [2.45, 2.75) is 104 Å². The third-order valence-corrected chi connectivity index (χ3v) is 3.80. The lowest BCUT2D eigenvalue weighted by Crippen LogP contribution is -2.57. The van der Waals surface area contributed by atoms with Crippen molar-refractivity contribution in [3.8, 4) is 0 Å². The van der Waals surface area contributed by atoms with Crippen LogP contribution in [0.5, 0.6) is 0 Å². The highest BCUT2D eigenvalue weighted by molar-refractivity contribution is 5.04. The molecule has 0 aromatic carbocycles. The van der Waals surface area contributed by atoms with Crippen LogP contribution < -0.4 is 0 Å². The average molecular weight is 359 g/mol. The molecule has 0 fully saturated rings. The number of nitrogens with zero attached hydrogens (tertiary/aromatic N) is 4. The standard InChI is InChI=1S/C18H38N4O3/c1-14(2,3)19-21-16(7,8)13(17(9,10)24-12)18(11,25-23)22-20-15(4,5)6/h13,23H,1-12H3. The molecule has 0 saturated carbocycles. The molecule has 0 radical (unpaired) electrons.